The summed E-state index contributed by atoms with van der Waals surface area (Å²) in [4.78, 5) is 19.9. The van der Waals surface area contributed by atoms with Gasteiger partial charge in [0.25, 0.3) is 5.91 Å². The average Bonchev–Trinajstić information content (AvgIpc) is 3.45. The molecule has 2 aromatic carbocycles. The van der Waals surface area contributed by atoms with Gasteiger partial charge >= 0.3 is 0 Å². The molecule has 4 rings (SSSR count). The number of hydrogen-bond donors (Lipinski definition) is 0. The minimum atomic E-state index is 0.0491. The molecule has 0 fully saturated rings. The fourth-order valence-corrected chi connectivity index (χ4v) is 4.81. The summed E-state index contributed by atoms with van der Waals surface area (Å²) >= 11 is 7.74. The van der Waals surface area contributed by atoms with Crippen LogP contribution in [-0.4, -0.2) is 33.4 Å². The van der Waals surface area contributed by atoms with Gasteiger partial charge in [0.15, 0.2) is 0 Å². The Morgan fingerprint density at radius 3 is 2.50 bits per heavy atom. The van der Waals surface area contributed by atoms with Gasteiger partial charge in [-0.25, -0.2) is 4.98 Å². The zero-order chi connectivity index (χ0) is 24.1. The van der Waals surface area contributed by atoms with Gasteiger partial charge < -0.3 is 14.2 Å². The average molecular weight is 494 g/mol. The maximum atomic E-state index is 13.2. The Balaban J connectivity index is 1.66. The number of halogens is 1. The van der Waals surface area contributed by atoms with Crippen LogP contribution in [0.5, 0.6) is 5.75 Å². The number of rotatable bonds is 9. The molecule has 0 saturated carbocycles. The maximum absolute atomic E-state index is 13.2. The molecule has 5 nitrogen and oxygen atoms in total. The predicted octanol–water partition coefficient (Wildman–Crippen LogP) is 6.68. The molecule has 0 spiro atoms. The van der Waals surface area contributed by atoms with Crippen molar-refractivity contribution in [3.05, 3.63) is 92.9 Å². The van der Waals surface area contributed by atoms with E-state index in [1.54, 1.807) is 6.07 Å². The second kappa shape index (κ2) is 10.9. The summed E-state index contributed by atoms with van der Waals surface area (Å²) in [6.45, 7) is 8.36. The fraction of sp³-hybridized carbons (Fsp3) is 0.259. The largest absolute Gasteiger partial charge is 0.485 e. The molecule has 34 heavy (non-hydrogen) atoms. The van der Waals surface area contributed by atoms with E-state index in [0.29, 0.717) is 37.0 Å². The molecule has 0 aliphatic carbocycles. The van der Waals surface area contributed by atoms with Crippen molar-refractivity contribution in [3.63, 3.8) is 0 Å². The number of thiazole rings is 1. The zero-order valence-electron chi connectivity index (χ0n) is 19.6. The standard InChI is InChI=1S/C27H28ClN3O2S/c1-4-30(5-2)27(32)21-15-24(31(19(21)3)16-20-11-7-6-8-12-20)23-18-34-26(29-23)17-33-25-14-10-9-13-22(25)28/h6-15,18H,4-5,16-17H2,1-3H3. The number of nitrogens with zero attached hydrogens (tertiary/aromatic N) is 3. The summed E-state index contributed by atoms with van der Waals surface area (Å²) in [7, 11) is 0. The summed E-state index contributed by atoms with van der Waals surface area (Å²) in [6, 6.07) is 19.7. The summed E-state index contributed by atoms with van der Waals surface area (Å²) in [6.07, 6.45) is 0. The fourth-order valence-electron chi connectivity index (χ4n) is 3.92. The van der Waals surface area contributed by atoms with E-state index in [2.05, 4.69) is 16.7 Å². The monoisotopic (exact) mass is 493 g/mol. The molecule has 0 bridgehead atoms. The van der Waals surface area contributed by atoms with Crippen LogP contribution in [0.2, 0.25) is 5.02 Å². The first-order valence-electron chi connectivity index (χ1n) is 11.4. The molecule has 0 aliphatic heterocycles. The van der Waals surface area contributed by atoms with Gasteiger partial charge in [-0.15, -0.1) is 11.3 Å². The second-order valence-corrected chi connectivity index (χ2v) is 9.27. The molecule has 0 aliphatic rings. The summed E-state index contributed by atoms with van der Waals surface area (Å²) in [5.41, 5.74) is 4.59. The van der Waals surface area contributed by atoms with Gasteiger partial charge in [0.1, 0.15) is 17.4 Å². The first kappa shape index (κ1) is 24.0. The van der Waals surface area contributed by atoms with Crippen molar-refractivity contribution >= 4 is 28.8 Å². The Kier molecular flexibility index (Phi) is 7.70. The van der Waals surface area contributed by atoms with Crippen LogP contribution in [-0.2, 0) is 13.2 Å². The van der Waals surface area contributed by atoms with Gasteiger partial charge in [-0.05, 0) is 44.5 Å². The van der Waals surface area contributed by atoms with Crippen LogP contribution in [0.15, 0.2) is 66.0 Å². The molecule has 2 heterocycles. The van der Waals surface area contributed by atoms with E-state index in [0.717, 1.165) is 27.7 Å². The third-order valence-corrected chi connectivity index (χ3v) is 6.97. The van der Waals surface area contributed by atoms with Crippen molar-refractivity contribution in [2.75, 3.05) is 13.1 Å². The van der Waals surface area contributed by atoms with Gasteiger partial charge in [0.2, 0.25) is 0 Å². The number of para-hydroxylation sites is 1. The lowest BCUT2D eigenvalue weighted by Crippen LogP contribution is -2.30. The molecular formula is C27H28ClN3O2S. The highest BCUT2D eigenvalue weighted by Crippen LogP contribution is 2.30. The molecule has 1 amide bonds. The lowest BCUT2D eigenvalue weighted by atomic mass is 10.2. The number of ether oxygens (including phenoxy) is 1. The topological polar surface area (TPSA) is 47.4 Å². The number of hydrogen-bond acceptors (Lipinski definition) is 4. The van der Waals surface area contributed by atoms with Crippen LogP contribution in [0.1, 0.15) is 40.5 Å². The molecule has 0 saturated heterocycles. The predicted molar refractivity (Wildman–Crippen MR) is 139 cm³/mol. The van der Waals surface area contributed by atoms with Crippen LogP contribution in [0.25, 0.3) is 11.4 Å². The Hall–Kier alpha value is -3.09. The highest BCUT2D eigenvalue weighted by atomic mass is 35.5. The smallest absolute Gasteiger partial charge is 0.255 e. The zero-order valence-corrected chi connectivity index (χ0v) is 21.2. The van der Waals surface area contributed by atoms with Crippen LogP contribution in [0.3, 0.4) is 0 Å². The van der Waals surface area contributed by atoms with Gasteiger partial charge in [-0.2, -0.15) is 0 Å². The minimum absolute atomic E-state index is 0.0491. The normalized spacial score (nSPS) is 10.9. The van der Waals surface area contributed by atoms with Crippen molar-refractivity contribution in [1.82, 2.24) is 14.5 Å². The van der Waals surface area contributed by atoms with Crippen molar-refractivity contribution in [1.29, 1.82) is 0 Å². The molecule has 0 radical (unpaired) electrons. The SMILES string of the molecule is CCN(CC)C(=O)c1cc(-c2csc(COc3ccccc3Cl)n2)n(Cc2ccccc2)c1C. The molecule has 176 valence electrons. The van der Waals surface area contributed by atoms with E-state index in [9.17, 15) is 4.79 Å². The van der Waals surface area contributed by atoms with E-state index in [4.69, 9.17) is 21.3 Å². The number of aromatic nitrogens is 2. The Labute approximate surface area is 209 Å². The maximum Gasteiger partial charge on any atom is 0.255 e. The summed E-state index contributed by atoms with van der Waals surface area (Å²) in [5, 5.41) is 3.44. The Morgan fingerprint density at radius 2 is 1.79 bits per heavy atom. The first-order valence-corrected chi connectivity index (χ1v) is 12.6. The third-order valence-electron chi connectivity index (χ3n) is 5.83. The molecule has 0 unspecified atom stereocenters. The molecule has 7 heteroatoms. The lowest BCUT2D eigenvalue weighted by molar-refractivity contribution is 0.0772. The molecule has 0 atom stereocenters. The Morgan fingerprint density at radius 1 is 1.09 bits per heavy atom. The van der Waals surface area contributed by atoms with Crippen LogP contribution in [0, 0.1) is 6.92 Å². The number of amides is 1. The molecule has 2 aromatic heterocycles. The van der Waals surface area contributed by atoms with E-state index < -0.39 is 0 Å². The molecular weight excluding hydrogens is 466 g/mol. The summed E-state index contributed by atoms with van der Waals surface area (Å²) < 4.78 is 8.05. The first-order chi connectivity index (χ1) is 16.5. The number of benzene rings is 2. The lowest BCUT2D eigenvalue weighted by Gasteiger charge is -2.18. The van der Waals surface area contributed by atoms with E-state index in [1.165, 1.54) is 16.9 Å². The molecule has 0 N–H and O–H groups in total. The van der Waals surface area contributed by atoms with Gasteiger partial charge in [0, 0.05) is 30.7 Å². The van der Waals surface area contributed by atoms with Crippen LogP contribution >= 0.6 is 22.9 Å². The Bertz CT molecular complexity index is 1260. The van der Waals surface area contributed by atoms with Gasteiger partial charge in [-0.3, -0.25) is 4.79 Å². The van der Waals surface area contributed by atoms with Gasteiger partial charge in [0.05, 0.1) is 22.0 Å². The van der Waals surface area contributed by atoms with Crippen molar-refractivity contribution in [2.24, 2.45) is 0 Å². The van der Waals surface area contributed by atoms with Crippen molar-refractivity contribution < 1.29 is 9.53 Å². The van der Waals surface area contributed by atoms with E-state index in [-0.39, 0.29) is 5.91 Å². The quantitative estimate of drug-likeness (QED) is 0.261. The highest BCUT2D eigenvalue weighted by molar-refractivity contribution is 7.09. The van der Waals surface area contributed by atoms with Crippen LogP contribution in [0.4, 0.5) is 0 Å². The molecule has 4 aromatic rings. The number of carbonyl (C=O) groups excluding carboxylic acids is 1. The van der Waals surface area contributed by atoms with E-state index in [1.807, 2.05) is 73.5 Å². The number of carbonyl (C=O) groups is 1. The van der Waals surface area contributed by atoms with E-state index >= 15 is 0 Å². The van der Waals surface area contributed by atoms with Crippen molar-refractivity contribution in [3.8, 4) is 17.1 Å². The highest BCUT2D eigenvalue weighted by Gasteiger charge is 2.23. The van der Waals surface area contributed by atoms with Gasteiger partial charge in [-0.1, -0.05) is 54.1 Å². The third kappa shape index (κ3) is 5.18. The minimum Gasteiger partial charge on any atom is -0.485 e. The second-order valence-electron chi connectivity index (χ2n) is 7.92. The van der Waals surface area contributed by atoms with Crippen molar-refractivity contribution in [2.45, 2.75) is 33.9 Å². The summed E-state index contributed by atoms with van der Waals surface area (Å²) in [5.74, 6) is 0.685. The van der Waals surface area contributed by atoms with Crippen LogP contribution < -0.4 is 4.74 Å².